The lowest BCUT2D eigenvalue weighted by Crippen LogP contribution is -2.34. The molecule has 1 aliphatic carbocycles. The standard InChI is InChI=1S/C13H20FN3/c1-17(12-5-3-2-4-6-12)13-10(8-15)7-11(14)9-16-13/h7,9,12H,2-6,8,15H2,1H3. The summed E-state index contributed by atoms with van der Waals surface area (Å²) in [6.07, 6.45) is 7.53. The monoisotopic (exact) mass is 237 g/mol. The van der Waals surface area contributed by atoms with Crippen LogP contribution in [0.15, 0.2) is 12.3 Å². The molecule has 0 unspecified atom stereocenters. The van der Waals surface area contributed by atoms with Crippen molar-refractivity contribution in [2.24, 2.45) is 5.73 Å². The van der Waals surface area contributed by atoms with Gasteiger partial charge in [0.25, 0.3) is 0 Å². The summed E-state index contributed by atoms with van der Waals surface area (Å²) < 4.78 is 13.1. The smallest absolute Gasteiger partial charge is 0.141 e. The summed E-state index contributed by atoms with van der Waals surface area (Å²) in [7, 11) is 2.04. The number of aromatic nitrogens is 1. The first kappa shape index (κ1) is 12.3. The summed E-state index contributed by atoms with van der Waals surface area (Å²) in [5.41, 5.74) is 6.44. The van der Waals surface area contributed by atoms with E-state index in [0.29, 0.717) is 12.6 Å². The molecular formula is C13H20FN3. The van der Waals surface area contributed by atoms with Gasteiger partial charge in [0.2, 0.25) is 0 Å². The van der Waals surface area contributed by atoms with E-state index in [1.807, 2.05) is 7.05 Å². The Morgan fingerprint density at radius 2 is 2.12 bits per heavy atom. The van der Waals surface area contributed by atoms with Crippen molar-refractivity contribution in [1.82, 2.24) is 4.98 Å². The maximum Gasteiger partial charge on any atom is 0.141 e. The number of hydrogen-bond acceptors (Lipinski definition) is 3. The van der Waals surface area contributed by atoms with E-state index in [4.69, 9.17) is 5.73 Å². The van der Waals surface area contributed by atoms with Gasteiger partial charge >= 0.3 is 0 Å². The SMILES string of the molecule is CN(c1ncc(F)cc1CN)C1CCCCC1. The quantitative estimate of drug-likeness (QED) is 0.878. The summed E-state index contributed by atoms with van der Waals surface area (Å²) in [5, 5.41) is 0. The lowest BCUT2D eigenvalue weighted by atomic mass is 9.94. The normalized spacial score (nSPS) is 17.1. The molecule has 1 aliphatic rings. The van der Waals surface area contributed by atoms with Gasteiger partial charge in [0.05, 0.1) is 6.20 Å². The topological polar surface area (TPSA) is 42.2 Å². The third-order valence-electron chi connectivity index (χ3n) is 3.59. The van der Waals surface area contributed by atoms with Crippen LogP contribution in [0.25, 0.3) is 0 Å². The molecule has 0 bridgehead atoms. The summed E-state index contributed by atoms with van der Waals surface area (Å²) in [5.74, 6) is 0.520. The highest BCUT2D eigenvalue weighted by atomic mass is 19.1. The van der Waals surface area contributed by atoms with E-state index < -0.39 is 0 Å². The second kappa shape index (κ2) is 5.45. The number of nitrogens with zero attached hydrogens (tertiary/aromatic N) is 2. The Hall–Kier alpha value is -1.16. The third-order valence-corrected chi connectivity index (χ3v) is 3.59. The molecule has 4 heteroatoms. The minimum atomic E-state index is -0.314. The highest BCUT2D eigenvalue weighted by Crippen LogP contribution is 2.27. The van der Waals surface area contributed by atoms with Crippen LogP contribution >= 0.6 is 0 Å². The van der Waals surface area contributed by atoms with Gasteiger partial charge in [0.15, 0.2) is 0 Å². The molecule has 0 aromatic carbocycles. The van der Waals surface area contributed by atoms with Crippen molar-refractivity contribution in [3.05, 3.63) is 23.6 Å². The van der Waals surface area contributed by atoms with Gasteiger partial charge in [0.1, 0.15) is 11.6 Å². The Morgan fingerprint density at radius 1 is 1.41 bits per heavy atom. The van der Waals surface area contributed by atoms with E-state index >= 15 is 0 Å². The van der Waals surface area contributed by atoms with Gasteiger partial charge in [-0.3, -0.25) is 0 Å². The predicted molar refractivity (Wildman–Crippen MR) is 67.4 cm³/mol. The molecule has 17 heavy (non-hydrogen) atoms. The highest BCUT2D eigenvalue weighted by molar-refractivity contribution is 5.47. The number of pyridine rings is 1. The number of anilines is 1. The Kier molecular flexibility index (Phi) is 3.94. The summed E-state index contributed by atoms with van der Waals surface area (Å²) in [6, 6.07) is 2.01. The van der Waals surface area contributed by atoms with Crippen molar-refractivity contribution in [1.29, 1.82) is 0 Å². The molecule has 1 heterocycles. The largest absolute Gasteiger partial charge is 0.356 e. The van der Waals surface area contributed by atoms with Gasteiger partial charge < -0.3 is 10.6 Å². The molecular weight excluding hydrogens is 217 g/mol. The van der Waals surface area contributed by atoms with Crippen LogP contribution in [0.3, 0.4) is 0 Å². The molecule has 94 valence electrons. The average Bonchev–Trinajstić information content (AvgIpc) is 2.39. The highest BCUT2D eigenvalue weighted by Gasteiger charge is 2.20. The molecule has 1 aromatic rings. The minimum Gasteiger partial charge on any atom is -0.356 e. The van der Waals surface area contributed by atoms with Gasteiger partial charge in [-0.15, -0.1) is 0 Å². The zero-order chi connectivity index (χ0) is 12.3. The molecule has 1 saturated carbocycles. The Bertz CT molecular complexity index is 375. The average molecular weight is 237 g/mol. The van der Waals surface area contributed by atoms with Gasteiger partial charge in [-0.05, 0) is 18.9 Å². The maximum atomic E-state index is 13.1. The molecule has 0 spiro atoms. The first-order valence-electron chi connectivity index (χ1n) is 6.29. The van der Waals surface area contributed by atoms with Crippen LogP contribution in [0.4, 0.5) is 10.2 Å². The first-order chi connectivity index (χ1) is 8.22. The van der Waals surface area contributed by atoms with E-state index in [9.17, 15) is 4.39 Å². The fourth-order valence-corrected chi connectivity index (χ4v) is 2.58. The minimum absolute atomic E-state index is 0.314. The maximum absolute atomic E-state index is 13.1. The Labute approximate surface area is 102 Å². The van der Waals surface area contributed by atoms with Crippen molar-refractivity contribution < 1.29 is 4.39 Å². The Balaban J connectivity index is 2.19. The molecule has 0 amide bonds. The first-order valence-corrected chi connectivity index (χ1v) is 6.29. The fraction of sp³-hybridized carbons (Fsp3) is 0.615. The molecule has 1 aromatic heterocycles. The van der Waals surface area contributed by atoms with Crippen LogP contribution in [0.1, 0.15) is 37.7 Å². The number of nitrogens with two attached hydrogens (primary N) is 1. The van der Waals surface area contributed by atoms with Crippen molar-refractivity contribution in [3.8, 4) is 0 Å². The van der Waals surface area contributed by atoms with E-state index in [0.717, 1.165) is 11.4 Å². The van der Waals surface area contributed by atoms with Crippen molar-refractivity contribution >= 4 is 5.82 Å². The fourth-order valence-electron chi connectivity index (χ4n) is 2.58. The lowest BCUT2D eigenvalue weighted by Gasteiger charge is -2.33. The van der Waals surface area contributed by atoms with Crippen LogP contribution in [0.2, 0.25) is 0 Å². The van der Waals surface area contributed by atoms with E-state index in [1.165, 1.54) is 44.4 Å². The van der Waals surface area contributed by atoms with Gasteiger partial charge in [-0.1, -0.05) is 19.3 Å². The van der Waals surface area contributed by atoms with Crippen LogP contribution < -0.4 is 10.6 Å². The van der Waals surface area contributed by atoms with E-state index in [2.05, 4.69) is 9.88 Å². The summed E-state index contributed by atoms with van der Waals surface area (Å²) >= 11 is 0. The van der Waals surface area contributed by atoms with Crippen molar-refractivity contribution in [2.75, 3.05) is 11.9 Å². The molecule has 0 saturated heterocycles. The van der Waals surface area contributed by atoms with Crippen molar-refractivity contribution in [2.45, 2.75) is 44.7 Å². The molecule has 3 nitrogen and oxygen atoms in total. The third kappa shape index (κ3) is 2.75. The molecule has 2 N–H and O–H groups in total. The van der Waals surface area contributed by atoms with E-state index in [-0.39, 0.29) is 5.82 Å². The number of halogens is 1. The second-order valence-corrected chi connectivity index (χ2v) is 4.74. The second-order valence-electron chi connectivity index (χ2n) is 4.74. The molecule has 0 aliphatic heterocycles. The molecule has 2 rings (SSSR count). The van der Waals surface area contributed by atoms with Crippen LogP contribution in [0.5, 0.6) is 0 Å². The summed E-state index contributed by atoms with van der Waals surface area (Å²) in [4.78, 5) is 6.36. The van der Waals surface area contributed by atoms with Crippen LogP contribution in [-0.4, -0.2) is 18.1 Å². The molecule has 0 radical (unpaired) electrons. The van der Waals surface area contributed by atoms with Crippen LogP contribution in [-0.2, 0) is 6.54 Å². The Morgan fingerprint density at radius 3 is 2.76 bits per heavy atom. The van der Waals surface area contributed by atoms with Crippen LogP contribution in [0, 0.1) is 5.82 Å². The van der Waals surface area contributed by atoms with E-state index in [1.54, 1.807) is 0 Å². The van der Waals surface area contributed by atoms with Gasteiger partial charge in [-0.25, -0.2) is 9.37 Å². The summed E-state index contributed by atoms with van der Waals surface area (Å²) in [6.45, 7) is 0.331. The molecule has 0 atom stereocenters. The predicted octanol–water partition coefficient (Wildman–Crippen LogP) is 2.45. The number of hydrogen-bond donors (Lipinski definition) is 1. The van der Waals surface area contributed by atoms with Gasteiger partial charge in [0, 0.05) is 25.2 Å². The number of rotatable bonds is 3. The van der Waals surface area contributed by atoms with Crippen molar-refractivity contribution in [3.63, 3.8) is 0 Å². The van der Waals surface area contributed by atoms with Gasteiger partial charge in [-0.2, -0.15) is 0 Å². The zero-order valence-electron chi connectivity index (χ0n) is 10.3. The lowest BCUT2D eigenvalue weighted by molar-refractivity contribution is 0.425. The zero-order valence-corrected chi connectivity index (χ0v) is 10.3. The molecule has 1 fully saturated rings.